The van der Waals surface area contributed by atoms with Crippen LogP contribution in [0.5, 0.6) is 0 Å². The number of nitriles is 1. The first-order valence-electron chi connectivity index (χ1n) is 16.6. The van der Waals surface area contributed by atoms with Crippen LogP contribution in [0.25, 0.3) is 33.8 Å². The van der Waals surface area contributed by atoms with E-state index in [-0.39, 0.29) is 102 Å². The Kier molecular flexibility index (Phi) is 31.9. The van der Waals surface area contributed by atoms with Crippen molar-refractivity contribution in [1.82, 2.24) is 41.0 Å². The number of nitrogens with one attached hydrogen (secondary N) is 4. The van der Waals surface area contributed by atoms with E-state index in [4.69, 9.17) is 59.8 Å². The zero-order valence-electron chi connectivity index (χ0n) is 33.2. The number of carbonyl (C=O) groups is 2. The quantitative estimate of drug-likeness (QED) is 0.0186. The third-order valence-electron chi connectivity index (χ3n) is 7.13. The number of hydrogen-bond acceptors (Lipinski definition) is 10. The van der Waals surface area contributed by atoms with Crippen molar-refractivity contribution < 1.29 is 97.3 Å². The van der Waals surface area contributed by atoms with Gasteiger partial charge in [-0.05, 0) is 46.5 Å². The second-order valence-electron chi connectivity index (χ2n) is 11.2. The number of nitrogens with two attached hydrogens (primary N) is 1. The van der Waals surface area contributed by atoms with Crippen molar-refractivity contribution in [2.45, 2.75) is 20.3 Å². The molecule has 0 aliphatic heterocycles. The topological polar surface area (TPSA) is 227 Å². The molecule has 0 saturated carbocycles. The van der Waals surface area contributed by atoms with E-state index in [0.29, 0.717) is 34.4 Å². The van der Waals surface area contributed by atoms with Crippen molar-refractivity contribution in [3.05, 3.63) is 154 Å². The molecule has 0 bridgehead atoms. The SMILES string of the molecule is C.Clc1cccc(-c2cn[nH]c2-c2n[nH]c(Cc3ccccc3)n2)c1.N#Cc1[nH]ncc1-c1cccc(Cl)c1.NNC(=O)Cc1ccccc1.O=CO[O-].[B]B([B])[I-]I.[H-].[Na+].[Na+]. The molecule has 302 valence electrons. The number of H-pyrrole nitrogens is 3. The second-order valence-corrected chi connectivity index (χ2v) is 17.1. The molecule has 7 rings (SSSR count). The average molecular weight is 1100 g/mol. The van der Waals surface area contributed by atoms with Gasteiger partial charge in [-0.25, -0.2) is 10.8 Å². The molecule has 14 nitrogen and oxygen atoms in total. The minimum Gasteiger partial charge on any atom is -1.00 e. The Hall–Kier alpha value is -2.98. The summed E-state index contributed by atoms with van der Waals surface area (Å²) in [5.74, 6) is 6.15. The maximum atomic E-state index is 10.7. The molecule has 4 radical (unpaired) electrons. The smallest absolute Gasteiger partial charge is 1.00 e. The minimum absolute atomic E-state index is 0. The summed E-state index contributed by atoms with van der Waals surface area (Å²) in [5, 5.41) is 39.4. The van der Waals surface area contributed by atoms with Crippen molar-refractivity contribution in [3.63, 3.8) is 0 Å². The van der Waals surface area contributed by atoms with Crippen molar-refractivity contribution in [2.24, 2.45) is 5.84 Å². The molecule has 0 unspecified atom stereocenters. The van der Waals surface area contributed by atoms with Gasteiger partial charge in [0.25, 0.3) is 6.47 Å². The fraction of sp³-hybridized carbons (Fsp3) is 0.0789. The van der Waals surface area contributed by atoms with Crippen LogP contribution in [0.1, 0.15) is 31.5 Å². The van der Waals surface area contributed by atoms with Gasteiger partial charge in [0.15, 0.2) is 5.82 Å². The Bertz CT molecular complexity index is 2340. The number of nitrogens with zero attached hydrogens (tertiary/aromatic N) is 5. The summed E-state index contributed by atoms with van der Waals surface area (Å²) in [4.78, 5) is 26.6. The van der Waals surface area contributed by atoms with Crippen LogP contribution in [0.4, 0.5) is 0 Å². The van der Waals surface area contributed by atoms with E-state index in [1.807, 2.05) is 91.0 Å². The first kappa shape index (κ1) is 58.0. The molecule has 61 heavy (non-hydrogen) atoms. The van der Waals surface area contributed by atoms with Crippen molar-refractivity contribution in [2.75, 3.05) is 0 Å². The molecule has 6 N–H and O–H groups in total. The van der Waals surface area contributed by atoms with Crippen LogP contribution < -0.4 is 92.7 Å². The number of amides is 1. The predicted molar refractivity (Wildman–Crippen MR) is 236 cm³/mol. The largest absolute Gasteiger partial charge is 1.00 e. The molecule has 0 fully saturated rings. The van der Waals surface area contributed by atoms with Crippen LogP contribution in [0.3, 0.4) is 0 Å². The van der Waals surface area contributed by atoms with Gasteiger partial charge in [-0.1, -0.05) is 116 Å². The Morgan fingerprint density at radius 1 is 0.902 bits per heavy atom. The third-order valence-corrected chi connectivity index (χ3v) is 11.8. The van der Waals surface area contributed by atoms with Gasteiger partial charge in [0.2, 0.25) is 5.91 Å². The van der Waals surface area contributed by atoms with E-state index in [2.05, 4.69) is 76.6 Å². The van der Waals surface area contributed by atoms with Crippen LogP contribution in [0.15, 0.2) is 122 Å². The van der Waals surface area contributed by atoms with Gasteiger partial charge in [-0.2, -0.15) is 20.6 Å². The van der Waals surface area contributed by atoms with Crippen LogP contribution in [-0.2, 0) is 27.3 Å². The summed E-state index contributed by atoms with van der Waals surface area (Å²) >= 11 is 14.2. The molecule has 0 saturated heterocycles. The molecular weight excluding hydrogens is 1060 g/mol. The van der Waals surface area contributed by atoms with E-state index in [1.165, 1.54) is 5.56 Å². The number of carbonyl (C=O) groups excluding carboxylic acids is 2. The Morgan fingerprint density at radius 3 is 1.90 bits per heavy atom. The van der Waals surface area contributed by atoms with E-state index < -0.39 is 0 Å². The number of halogens is 4. The van der Waals surface area contributed by atoms with Gasteiger partial charge in [-0.3, -0.25) is 30.3 Å². The molecule has 0 aliphatic carbocycles. The number of benzene rings is 4. The van der Waals surface area contributed by atoms with E-state index in [1.54, 1.807) is 24.5 Å². The molecule has 23 heteroatoms. The van der Waals surface area contributed by atoms with Crippen molar-refractivity contribution >= 4 is 74.0 Å². The van der Waals surface area contributed by atoms with Crippen LogP contribution >= 0.6 is 41.8 Å². The Balaban J connectivity index is 0. The Morgan fingerprint density at radius 2 is 1.41 bits per heavy atom. The summed E-state index contributed by atoms with van der Waals surface area (Å²) < 4.78 is -0.0191. The standard InChI is InChI=1S/C18H14ClN5.C10H6ClN3.C8H10N2O.CH2O3.CH4.B3I2.2Na.H/c19-14-8-4-7-13(10-14)15-11-20-23-17(15)18-21-16(22-24-18)9-12-5-2-1-3-6-12;11-8-3-1-2-7(4-8)9-6-13-14-10(9)5-12;9-10-8(11)6-7-4-2-1-3-5-7;2-1-4-3;;1-3(2)5-4;;;/h1-8,10-11H,9H2,(H,20,23)(H,21,22,24);1-4,6H,(H,13,14);1-5H,6,9H2,(H,10,11);1,3H;1H4;;;;/q;;;;;-1;2*+1;-1/p-1. The maximum Gasteiger partial charge on any atom is 1.00 e. The zero-order valence-corrected chi connectivity index (χ0v) is 42.1. The van der Waals surface area contributed by atoms with Gasteiger partial charge in [0.1, 0.15) is 23.3 Å². The first-order chi connectivity index (χ1) is 28.1. The van der Waals surface area contributed by atoms with Crippen LogP contribution in [-0.4, -0.2) is 67.8 Å². The first-order valence-corrected chi connectivity index (χ1v) is 24.9. The molecule has 4 aromatic carbocycles. The van der Waals surface area contributed by atoms with Gasteiger partial charge >= 0.3 is 115 Å². The van der Waals surface area contributed by atoms with Crippen LogP contribution in [0, 0.1) is 11.3 Å². The number of aromatic nitrogens is 7. The Labute approximate surface area is 432 Å². The molecule has 1 amide bonds. The van der Waals surface area contributed by atoms with Gasteiger partial charge in [-0.15, -0.1) is 0 Å². The van der Waals surface area contributed by atoms with Crippen LogP contribution in [0.2, 0.25) is 10.0 Å². The zero-order chi connectivity index (χ0) is 42.1. The fourth-order valence-electron chi connectivity index (χ4n) is 4.69. The van der Waals surface area contributed by atoms with E-state index >= 15 is 0 Å². The minimum atomic E-state index is -0.181. The second kappa shape index (κ2) is 33.6. The number of hydrogen-bond donors (Lipinski definition) is 5. The van der Waals surface area contributed by atoms with Gasteiger partial charge in [0.05, 0.1) is 18.8 Å². The number of rotatable bonds is 9. The maximum absolute atomic E-state index is 10.7. The van der Waals surface area contributed by atoms with E-state index in [9.17, 15) is 4.79 Å². The van der Waals surface area contributed by atoms with E-state index in [0.717, 1.165) is 39.3 Å². The fourth-order valence-corrected chi connectivity index (χ4v) is 5.07. The predicted octanol–water partition coefficient (Wildman–Crippen LogP) is -3.13. The monoisotopic (exact) mass is 1100 g/mol. The summed E-state index contributed by atoms with van der Waals surface area (Å²) in [7, 11) is 10.2. The van der Waals surface area contributed by atoms with Gasteiger partial charge < -0.3 is 11.6 Å². The molecule has 3 heterocycles. The molecule has 0 spiro atoms. The molecule has 0 aliphatic rings. The summed E-state index contributed by atoms with van der Waals surface area (Å²) in [5.41, 5.74) is 9.00. The normalized spacial score (nSPS) is 9.18. The molecule has 0 atom stereocenters. The summed E-state index contributed by atoms with van der Waals surface area (Å²) in [6.45, 7) is -0.181. The van der Waals surface area contributed by atoms with Crippen molar-refractivity contribution in [1.29, 1.82) is 5.26 Å². The molecule has 7 aromatic rings. The van der Waals surface area contributed by atoms with Crippen molar-refractivity contribution in [3.8, 4) is 39.8 Å². The number of aromatic amines is 3. The third kappa shape index (κ3) is 21.8. The average Bonchev–Trinajstić information content (AvgIpc) is 4.04. The summed E-state index contributed by atoms with van der Waals surface area (Å²) in [6.07, 6.45) is 4.42. The molecular formula is C38H36B3Cl2I2N10Na2O4-. The molecule has 3 aromatic heterocycles. The summed E-state index contributed by atoms with van der Waals surface area (Å²) in [6, 6.07) is 36.6. The number of hydrazine groups is 1. The van der Waals surface area contributed by atoms with Gasteiger partial charge in [0, 0.05) is 27.6 Å².